The first-order valence-corrected chi connectivity index (χ1v) is 8.76. The standard InChI is InChI=1S/C16H20N2O2S/c1-10(8-9-21-2)18-14-12(16(19)20)4-3-5-13(14)17-15(18)11-6-7-11/h3-5,10-11H,6-9H2,1-2H3,(H,19,20). The Bertz CT molecular complexity index is 676. The van der Waals surface area contributed by atoms with Crippen LogP contribution >= 0.6 is 11.8 Å². The van der Waals surface area contributed by atoms with Crippen molar-refractivity contribution in [2.75, 3.05) is 12.0 Å². The quantitative estimate of drug-likeness (QED) is 0.878. The zero-order valence-electron chi connectivity index (χ0n) is 12.4. The third-order valence-corrected chi connectivity index (χ3v) is 4.73. The van der Waals surface area contributed by atoms with E-state index in [1.165, 1.54) is 12.8 Å². The molecule has 3 rings (SSSR count). The van der Waals surface area contributed by atoms with Gasteiger partial charge in [-0.05, 0) is 50.3 Å². The predicted molar refractivity (Wildman–Crippen MR) is 86.4 cm³/mol. The summed E-state index contributed by atoms with van der Waals surface area (Å²) in [7, 11) is 0. The van der Waals surface area contributed by atoms with Crippen molar-refractivity contribution in [2.24, 2.45) is 0 Å². The van der Waals surface area contributed by atoms with Gasteiger partial charge in [0.2, 0.25) is 0 Å². The summed E-state index contributed by atoms with van der Waals surface area (Å²) in [5, 5.41) is 9.48. The molecule has 1 saturated carbocycles. The maximum atomic E-state index is 11.6. The molecule has 0 radical (unpaired) electrons. The van der Waals surface area contributed by atoms with Gasteiger partial charge in [-0.25, -0.2) is 9.78 Å². The molecule has 0 bridgehead atoms. The van der Waals surface area contributed by atoms with Crippen molar-refractivity contribution in [1.82, 2.24) is 9.55 Å². The van der Waals surface area contributed by atoms with Crippen LogP contribution in [0.4, 0.5) is 0 Å². The molecular weight excluding hydrogens is 284 g/mol. The molecule has 0 saturated heterocycles. The van der Waals surface area contributed by atoms with Crippen LogP contribution in [0.15, 0.2) is 18.2 Å². The van der Waals surface area contributed by atoms with Gasteiger partial charge in [0.05, 0.1) is 16.6 Å². The topological polar surface area (TPSA) is 55.1 Å². The van der Waals surface area contributed by atoms with Crippen molar-refractivity contribution >= 4 is 28.8 Å². The van der Waals surface area contributed by atoms with Gasteiger partial charge in [0.1, 0.15) is 5.82 Å². The monoisotopic (exact) mass is 304 g/mol. The van der Waals surface area contributed by atoms with Crippen molar-refractivity contribution in [1.29, 1.82) is 0 Å². The number of aromatic carboxylic acids is 1. The van der Waals surface area contributed by atoms with Crippen LogP contribution in [0, 0.1) is 0 Å². The summed E-state index contributed by atoms with van der Waals surface area (Å²) < 4.78 is 2.19. The molecular formula is C16H20N2O2S. The van der Waals surface area contributed by atoms with E-state index < -0.39 is 5.97 Å². The van der Waals surface area contributed by atoms with Gasteiger partial charge in [-0.1, -0.05) is 6.07 Å². The lowest BCUT2D eigenvalue weighted by Crippen LogP contribution is -2.12. The number of benzene rings is 1. The third kappa shape index (κ3) is 2.67. The smallest absolute Gasteiger partial charge is 0.337 e. The fraction of sp³-hybridized carbons (Fsp3) is 0.500. The van der Waals surface area contributed by atoms with Crippen molar-refractivity contribution in [3.8, 4) is 0 Å². The predicted octanol–water partition coefficient (Wildman–Crippen LogP) is 3.93. The van der Waals surface area contributed by atoms with Crippen LogP contribution < -0.4 is 0 Å². The van der Waals surface area contributed by atoms with E-state index in [1.807, 2.05) is 17.8 Å². The lowest BCUT2D eigenvalue weighted by atomic mass is 10.1. The highest BCUT2D eigenvalue weighted by Gasteiger charge is 2.32. The van der Waals surface area contributed by atoms with Crippen LogP contribution in [0.2, 0.25) is 0 Å². The van der Waals surface area contributed by atoms with Gasteiger partial charge in [-0.2, -0.15) is 11.8 Å². The second-order valence-corrected chi connectivity index (χ2v) is 6.71. The molecule has 1 aromatic heterocycles. The van der Waals surface area contributed by atoms with E-state index in [0.717, 1.165) is 29.0 Å². The van der Waals surface area contributed by atoms with Crippen LogP contribution in [-0.4, -0.2) is 32.6 Å². The average Bonchev–Trinajstić information content (AvgIpc) is 3.24. The molecule has 4 nitrogen and oxygen atoms in total. The molecule has 0 aliphatic heterocycles. The highest BCUT2D eigenvalue weighted by Crippen LogP contribution is 2.42. The molecule has 21 heavy (non-hydrogen) atoms. The molecule has 0 amide bonds. The number of hydrogen-bond acceptors (Lipinski definition) is 3. The largest absolute Gasteiger partial charge is 0.478 e. The Labute approximate surface area is 128 Å². The molecule has 2 aromatic rings. The molecule has 1 N–H and O–H groups in total. The number of carboxylic acids is 1. The van der Waals surface area contributed by atoms with Crippen LogP contribution in [0.5, 0.6) is 0 Å². The van der Waals surface area contributed by atoms with Gasteiger partial charge < -0.3 is 9.67 Å². The van der Waals surface area contributed by atoms with E-state index >= 15 is 0 Å². The Hall–Kier alpha value is -1.49. The molecule has 1 aliphatic rings. The number of rotatable bonds is 6. The summed E-state index contributed by atoms with van der Waals surface area (Å²) in [4.78, 5) is 16.3. The van der Waals surface area contributed by atoms with Crippen molar-refractivity contribution < 1.29 is 9.90 Å². The fourth-order valence-electron chi connectivity index (χ4n) is 2.83. The van der Waals surface area contributed by atoms with E-state index in [-0.39, 0.29) is 6.04 Å². The van der Waals surface area contributed by atoms with Crippen molar-refractivity contribution in [3.05, 3.63) is 29.6 Å². The van der Waals surface area contributed by atoms with Crippen molar-refractivity contribution in [2.45, 2.75) is 38.1 Å². The second kappa shape index (κ2) is 5.72. The Kier molecular flexibility index (Phi) is 3.93. The molecule has 1 aromatic carbocycles. The van der Waals surface area contributed by atoms with Gasteiger partial charge >= 0.3 is 5.97 Å². The summed E-state index contributed by atoms with van der Waals surface area (Å²) in [6.45, 7) is 2.17. The maximum absolute atomic E-state index is 11.6. The number of para-hydroxylation sites is 1. The highest BCUT2D eigenvalue weighted by molar-refractivity contribution is 7.98. The average molecular weight is 304 g/mol. The molecule has 1 aliphatic carbocycles. The van der Waals surface area contributed by atoms with Gasteiger partial charge in [-0.15, -0.1) is 0 Å². The Morgan fingerprint density at radius 3 is 2.90 bits per heavy atom. The Morgan fingerprint density at radius 1 is 1.52 bits per heavy atom. The first-order valence-electron chi connectivity index (χ1n) is 7.36. The molecule has 1 atom stereocenters. The van der Waals surface area contributed by atoms with Gasteiger partial charge in [-0.3, -0.25) is 0 Å². The van der Waals surface area contributed by atoms with E-state index in [0.29, 0.717) is 11.5 Å². The lowest BCUT2D eigenvalue weighted by molar-refractivity contribution is 0.0698. The normalized spacial score (nSPS) is 16.3. The SMILES string of the molecule is CSCCC(C)n1c(C2CC2)nc2cccc(C(=O)O)c21. The number of hydrogen-bond donors (Lipinski definition) is 1. The number of thioether (sulfide) groups is 1. The van der Waals surface area contributed by atoms with E-state index in [2.05, 4.69) is 17.7 Å². The molecule has 1 unspecified atom stereocenters. The van der Waals surface area contributed by atoms with Gasteiger partial charge in [0.25, 0.3) is 0 Å². The van der Waals surface area contributed by atoms with E-state index in [1.54, 1.807) is 12.1 Å². The first-order chi connectivity index (χ1) is 10.1. The van der Waals surface area contributed by atoms with E-state index in [9.17, 15) is 9.90 Å². The fourth-order valence-corrected chi connectivity index (χ4v) is 3.41. The van der Waals surface area contributed by atoms with E-state index in [4.69, 9.17) is 4.98 Å². The summed E-state index contributed by atoms with van der Waals surface area (Å²) in [6.07, 6.45) is 5.46. The molecule has 0 spiro atoms. The number of carbonyl (C=O) groups is 1. The summed E-state index contributed by atoms with van der Waals surface area (Å²) in [5.41, 5.74) is 1.97. The zero-order valence-corrected chi connectivity index (χ0v) is 13.2. The number of nitrogens with zero attached hydrogens (tertiary/aromatic N) is 2. The maximum Gasteiger partial charge on any atom is 0.337 e. The number of imidazole rings is 1. The molecule has 1 fully saturated rings. The Morgan fingerprint density at radius 2 is 2.29 bits per heavy atom. The van der Waals surface area contributed by atoms with Crippen molar-refractivity contribution in [3.63, 3.8) is 0 Å². The van der Waals surface area contributed by atoms with Crippen LogP contribution in [0.25, 0.3) is 11.0 Å². The molecule has 1 heterocycles. The van der Waals surface area contributed by atoms with Gasteiger partial charge in [0, 0.05) is 12.0 Å². The first kappa shape index (κ1) is 14.4. The number of carboxylic acid groups (broad SMARTS) is 1. The van der Waals surface area contributed by atoms with Crippen LogP contribution in [-0.2, 0) is 0 Å². The summed E-state index contributed by atoms with van der Waals surface area (Å²) in [5.74, 6) is 1.78. The number of aromatic nitrogens is 2. The second-order valence-electron chi connectivity index (χ2n) is 5.72. The molecule has 5 heteroatoms. The summed E-state index contributed by atoms with van der Waals surface area (Å²) >= 11 is 1.82. The Balaban J connectivity index is 2.17. The minimum Gasteiger partial charge on any atom is -0.478 e. The minimum atomic E-state index is -0.874. The zero-order chi connectivity index (χ0) is 15.0. The van der Waals surface area contributed by atoms with Crippen LogP contribution in [0.3, 0.4) is 0 Å². The third-order valence-electron chi connectivity index (χ3n) is 4.09. The minimum absolute atomic E-state index is 0.276. The van der Waals surface area contributed by atoms with Gasteiger partial charge in [0.15, 0.2) is 0 Å². The highest BCUT2D eigenvalue weighted by atomic mass is 32.2. The summed E-state index contributed by atoms with van der Waals surface area (Å²) in [6, 6.07) is 5.66. The van der Waals surface area contributed by atoms with Crippen LogP contribution in [0.1, 0.15) is 54.3 Å². The lowest BCUT2D eigenvalue weighted by Gasteiger charge is -2.18. The molecule has 112 valence electrons. The number of fused-ring (bicyclic) bond motifs is 1.